The summed E-state index contributed by atoms with van der Waals surface area (Å²) in [6, 6.07) is 11.3. The summed E-state index contributed by atoms with van der Waals surface area (Å²) in [4.78, 5) is 19.0. The molecule has 1 aliphatic rings. The highest BCUT2D eigenvalue weighted by atomic mass is 16.5. The molecule has 4 rings (SSSR count). The third-order valence-corrected chi connectivity index (χ3v) is 4.89. The second-order valence-corrected chi connectivity index (χ2v) is 7.15. The minimum Gasteiger partial charge on any atom is -0.355 e. The molecule has 7 nitrogen and oxygen atoms in total. The summed E-state index contributed by atoms with van der Waals surface area (Å²) in [7, 11) is 0. The molecule has 3 aromatic rings. The zero-order valence-corrected chi connectivity index (χ0v) is 15.5. The lowest BCUT2D eigenvalue weighted by Crippen LogP contribution is -2.38. The van der Waals surface area contributed by atoms with Crippen molar-refractivity contribution in [1.82, 2.24) is 20.2 Å². The number of carbonyl (C=O) groups is 1. The number of amides is 1. The van der Waals surface area contributed by atoms with Gasteiger partial charge in [-0.3, -0.25) is 4.79 Å². The van der Waals surface area contributed by atoms with E-state index in [2.05, 4.69) is 15.3 Å². The Morgan fingerprint density at radius 1 is 1.11 bits per heavy atom. The third kappa shape index (κ3) is 3.63. The average Bonchev–Trinajstić information content (AvgIpc) is 3.38. The molecule has 3 heterocycles. The van der Waals surface area contributed by atoms with Gasteiger partial charge in [0.15, 0.2) is 17.3 Å². The van der Waals surface area contributed by atoms with Crippen molar-refractivity contribution in [2.75, 3.05) is 13.1 Å². The van der Waals surface area contributed by atoms with Crippen molar-refractivity contribution in [1.29, 1.82) is 0 Å². The second kappa shape index (κ2) is 7.34. The van der Waals surface area contributed by atoms with Crippen LogP contribution in [-0.2, 0) is 0 Å². The first-order valence-electron chi connectivity index (χ1n) is 9.26. The average molecular weight is 366 g/mol. The van der Waals surface area contributed by atoms with E-state index in [0.29, 0.717) is 30.4 Å². The summed E-state index contributed by atoms with van der Waals surface area (Å²) in [5, 5.41) is 8.00. The number of likely N-dealkylation sites (tertiary alicyclic amines) is 1. The normalized spacial score (nSPS) is 15.4. The summed E-state index contributed by atoms with van der Waals surface area (Å²) in [6.07, 6.45) is 1.60. The van der Waals surface area contributed by atoms with Gasteiger partial charge < -0.3 is 13.9 Å². The fraction of sp³-hybridized carbons (Fsp3) is 0.400. The maximum Gasteiger partial charge on any atom is 0.276 e. The largest absolute Gasteiger partial charge is 0.355 e. The van der Waals surface area contributed by atoms with Crippen LogP contribution in [-0.4, -0.2) is 39.2 Å². The predicted molar refractivity (Wildman–Crippen MR) is 98.2 cm³/mol. The molecule has 0 atom stereocenters. The Hall–Kier alpha value is -2.96. The van der Waals surface area contributed by atoms with E-state index in [1.165, 1.54) is 0 Å². The topological polar surface area (TPSA) is 85.3 Å². The minimum absolute atomic E-state index is 0.104. The van der Waals surface area contributed by atoms with Crippen molar-refractivity contribution < 1.29 is 13.8 Å². The van der Waals surface area contributed by atoms with E-state index in [9.17, 15) is 4.79 Å². The highest BCUT2D eigenvalue weighted by Gasteiger charge is 2.29. The molecule has 1 saturated heterocycles. The first kappa shape index (κ1) is 17.5. The molecular formula is C20H22N4O3. The summed E-state index contributed by atoms with van der Waals surface area (Å²) in [6.45, 7) is 5.35. The van der Waals surface area contributed by atoms with Crippen molar-refractivity contribution in [3.8, 4) is 11.3 Å². The van der Waals surface area contributed by atoms with Crippen molar-refractivity contribution in [3.63, 3.8) is 0 Å². The maximum atomic E-state index is 12.7. The number of hydrogen-bond donors (Lipinski definition) is 0. The minimum atomic E-state index is -0.104. The Morgan fingerprint density at radius 3 is 2.52 bits per heavy atom. The van der Waals surface area contributed by atoms with Crippen molar-refractivity contribution in [2.45, 2.75) is 38.5 Å². The second-order valence-electron chi connectivity index (χ2n) is 7.15. The molecule has 2 aromatic heterocycles. The van der Waals surface area contributed by atoms with E-state index >= 15 is 0 Å². The molecule has 1 aliphatic heterocycles. The number of piperidine rings is 1. The Kier molecular flexibility index (Phi) is 4.75. The SMILES string of the molecule is CC(C)c1noc(C2CCN(C(=O)c3cc(-c4ccccc4)on3)CC2)n1. The standard InChI is InChI=1S/C20H22N4O3/c1-13(2)18-21-19(27-23-18)15-8-10-24(11-9-15)20(25)16-12-17(26-22-16)14-6-4-3-5-7-14/h3-7,12-13,15H,8-11H2,1-2H3. The lowest BCUT2D eigenvalue weighted by atomic mass is 9.96. The van der Waals surface area contributed by atoms with Crippen molar-refractivity contribution in [3.05, 3.63) is 53.8 Å². The van der Waals surface area contributed by atoms with Gasteiger partial charge in [0.25, 0.3) is 5.91 Å². The van der Waals surface area contributed by atoms with Gasteiger partial charge in [-0.15, -0.1) is 0 Å². The van der Waals surface area contributed by atoms with Crippen LogP contribution in [0.5, 0.6) is 0 Å². The molecule has 140 valence electrons. The van der Waals surface area contributed by atoms with E-state index in [4.69, 9.17) is 9.05 Å². The van der Waals surface area contributed by atoms with Crippen molar-refractivity contribution >= 4 is 5.91 Å². The molecule has 0 aliphatic carbocycles. The summed E-state index contributed by atoms with van der Waals surface area (Å²) in [5.74, 6) is 2.35. The van der Waals surface area contributed by atoms with Crippen LogP contribution >= 0.6 is 0 Å². The summed E-state index contributed by atoms with van der Waals surface area (Å²) < 4.78 is 10.8. The molecule has 0 radical (unpaired) electrons. The van der Waals surface area contributed by atoms with Gasteiger partial charge in [0.1, 0.15) is 0 Å². The van der Waals surface area contributed by atoms with Gasteiger partial charge in [0, 0.05) is 36.6 Å². The number of aromatic nitrogens is 3. The van der Waals surface area contributed by atoms with Crippen molar-refractivity contribution in [2.24, 2.45) is 0 Å². The highest BCUT2D eigenvalue weighted by molar-refractivity contribution is 5.93. The van der Waals surface area contributed by atoms with Crippen LogP contribution in [0.1, 0.15) is 60.7 Å². The van der Waals surface area contributed by atoms with Crippen LogP contribution < -0.4 is 0 Å². The van der Waals surface area contributed by atoms with E-state index in [0.717, 1.165) is 24.2 Å². The number of hydrogen-bond acceptors (Lipinski definition) is 6. The lowest BCUT2D eigenvalue weighted by molar-refractivity contribution is 0.0694. The summed E-state index contributed by atoms with van der Waals surface area (Å²) in [5.41, 5.74) is 1.24. The van der Waals surface area contributed by atoms with Gasteiger partial charge in [0.2, 0.25) is 5.89 Å². The van der Waals surface area contributed by atoms with E-state index < -0.39 is 0 Å². The Morgan fingerprint density at radius 2 is 1.85 bits per heavy atom. The zero-order chi connectivity index (χ0) is 18.8. The molecule has 7 heteroatoms. The fourth-order valence-corrected chi connectivity index (χ4v) is 3.25. The molecular weight excluding hydrogens is 344 g/mol. The molecule has 1 aromatic carbocycles. The first-order valence-corrected chi connectivity index (χ1v) is 9.26. The van der Waals surface area contributed by atoms with Gasteiger partial charge in [-0.25, -0.2) is 0 Å². The van der Waals surface area contributed by atoms with Crippen LogP contribution in [0, 0.1) is 0 Å². The quantitative estimate of drug-likeness (QED) is 0.697. The Bertz CT molecular complexity index is 908. The first-order chi connectivity index (χ1) is 13.1. The number of carbonyl (C=O) groups excluding carboxylic acids is 1. The fourth-order valence-electron chi connectivity index (χ4n) is 3.25. The Balaban J connectivity index is 1.39. The van der Waals surface area contributed by atoms with Gasteiger partial charge in [-0.1, -0.05) is 54.5 Å². The molecule has 27 heavy (non-hydrogen) atoms. The molecule has 0 bridgehead atoms. The van der Waals surface area contributed by atoms with Crippen LogP contribution in [0.2, 0.25) is 0 Å². The highest BCUT2D eigenvalue weighted by Crippen LogP contribution is 2.29. The molecule has 0 saturated carbocycles. The predicted octanol–water partition coefficient (Wildman–Crippen LogP) is 3.87. The van der Waals surface area contributed by atoms with Crippen LogP contribution in [0.4, 0.5) is 0 Å². The monoisotopic (exact) mass is 366 g/mol. The van der Waals surface area contributed by atoms with E-state index in [1.54, 1.807) is 6.07 Å². The molecule has 0 N–H and O–H groups in total. The van der Waals surface area contributed by atoms with Crippen LogP contribution in [0.3, 0.4) is 0 Å². The number of benzene rings is 1. The van der Waals surface area contributed by atoms with Gasteiger partial charge in [-0.05, 0) is 12.8 Å². The van der Waals surface area contributed by atoms with Crippen LogP contribution in [0.25, 0.3) is 11.3 Å². The molecule has 0 spiro atoms. The van der Waals surface area contributed by atoms with Gasteiger partial charge in [-0.2, -0.15) is 4.98 Å². The van der Waals surface area contributed by atoms with E-state index in [-0.39, 0.29) is 17.7 Å². The third-order valence-electron chi connectivity index (χ3n) is 4.89. The molecule has 1 fully saturated rings. The van der Waals surface area contributed by atoms with Crippen LogP contribution in [0.15, 0.2) is 45.4 Å². The molecule has 1 amide bonds. The lowest BCUT2D eigenvalue weighted by Gasteiger charge is -2.29. The van der Waals surface area contributed by atoms with E-state index in [1.807, 2.05) is 49.1 Å². The van der Waals surface area contributed by atoms with Gasteiger partial charge >= 0.3 is 0 Å². The number of rotatable bonds is 4. The smallest absolute Gasteiger partial charge is 0.276 e. The zero-order valence-electron chi connectivity index (χ0n) is 15.5. The molecule has 0 unspecified atom stereocenters. The summed E-state index contributed by atoms with van der Waals surface area (Å²) >= 11 is 0. The maximum absolute atomic E-state index is 12.7. The van der Waals surface area contributed by atoms with Gasteiger partial charge in [0.05, 0.1) is 0 Å². The number of nitrogens with zero attached hydrogens (tertiary/aromatic N) is 4. The Labute approximate surface area is 157 Å².